The molecule has 1 atom stereocenters. The van der Waals surface area contributed by atoms with E-state index in [2.05, 4.69) is 0 Å². The Bertz CT molecular complexity index is 417. The summed E-state index contributed by atoms with van der Waals surface area (Å²) in [6.07, 6.45) is 2.00. The van der Waals surface area contributed by atoms with Crippen LogP contribution in [0.5, 0.6) is 0 Å². The predicted octanol–water partition coefficient (Wildman–Crippen LogP) is 1.92. The summed E-state index contributed by atoms with van der Waals surface area (Å²) in [5.41, 5.74) is 6.68. The molecule has 0 bridgehead atoms. The third-order valence-corrected chi connectivity index (χ3v) is 3.26. The van der Waals surface area contributed by atoms with E-state index in [1.807, 2.05) is 13.0 Å². The predicted molar refractivity (Wildman–Crippen MR) is 64.0 cm³/mol. The standard InChI is InChI=1S/C10H15NO2S.ClH/c1-3-10(11)8-5-4-6-9(7-8)14(2,12)13;/h4-7,10H,3,11H2,1-2H3;1H/t10-;/m0./s1. The first kappa shape index (κ1) is 14.4. The molecule has 0 unspecified atom stereocenters. The number of benzene rings is 1. The number of hydrogen-bond acceptors (Lipinski definition) is 3. The second-order valence-electron chi connectivity index (χ2n) is 3.36. The van der Waals surface area contributed by atoms with E-state index in [9.17, 15) is 8.42 Å². The average molecular weight is 250 g/mol. The molecule has 0 heterocycles. The molecule has 0 aliphatic carbocycles. The molecular weight excluding hydrogens is 234 g/mol. The van der Waals surface area contributed by atoms with Gasteiger partial charge < -0.3 is 5.73 Å². The third-order valence-electron chi connectivity index (χ3n) is 2.15. The van der Waals surface area contributed by atoms with E-state index >= 15 is 0 Å². The van der Waals surface area contributed by atoms with Crippen LogP contribution in [0, 0.1) is 0 Å². The van der Waals surface area contributed by atoms with Crippen LogP contribution in [0.15, 0.2) is 29.2 Å². The molecule has 1 aromatic rings. The molecule has 15 heavy (non-hydrogen) atoms. The van der Waals surface area contributed by atoms with Crippen molar-refractivity contribution in [2.75, 3.05) is 6.26 Å². The monoisotopic (exact) mass is 249 g/mol. The van der Waals surface area contributed by atoms with E-state index in [-0.39, 0.29) is 18.4 Å². The van der Waals surface area contributed by atoms with Crippen LogP contribution in [-0.4, -0.2) is 14.7 Å². The van der Waals surface area contributed by atoms with Gasteiger partial charge in [-0.05, 0) is 24.1 Å². The van der Waals surface area contributed by atoms with Crippen LogP contribution in [0.2, 0.25) is 0 Å². The molecular formula is C10H16ClNO2S. The van der Waals surface area contributed by atoms with Crippen LogP contribution < -0.4 is 5.73 Å². The minimum absolute atomic E-state index is 0. The maximum absolute atomic E-state index is 11.3. The second-order valence-corrected chi connectivity index (χ2v) is 5.38. The van der Waals surface area contributed by atoms with Gasteiger partial charge in [0, 0.05) is 12.3 Å². The summed E-state index contributed by atoms with van der Waals surface area (Å²) in [7, 11) is -3.12. The van der Waals surface area contributed by atoms with Gasteiger partial charge in [-0.15, -0.1) is 12.4 Å². The molecule has 0 aliphatic rings. The lowest BCUT2D eigenvalue weighted by molar-refractivity contribution is 0.601. The van der Waals surface area contributed by atoms with E-state index in [1.165, 1.54) is 6.26 Å². The van der Waals surface area contributed by atoms with Gasteiger partial charge >= 0.3 is 0 Å². The Labute approximate surface area is 97.0 Å². The molecule has 5 heteroatoms. The van der Waals surface area contributed by atoms with Crippen LogP contribution in [-0.2, 0) is 9.84 Å². The summed E-state index contributed by atoms with van der Waals surface area (Å²) in [6.45, 7) is 1.97. The summed E-state index contributed by atoms with van der Waals surface area (Å²) < 4.78 is 22.5. The Morgan fingerprint density at radius 3 is 2.47 bits per heavy atom. The summed E-state index contributed by atoms with van der Waals surface area (Å²) in [4.78, 5) is 0.332. The molecule has 86 valence electrons. The Morgan fingerprint density at radius 2 is 2.00 bits per heavy atom. The molecule has 0 fully saturated rings. The van der Waals surface area contributed by atoms with E-state index in [1.54, 1.807) is 18.2 Å². The molecule has 2 N–H and O–H groups in total. The lowest BCUT2D eigenvalue weighted by Crippen LogP contribution is -2.09. The molecule has 0 amide bonds. The van der Waals surface area contributed by atoms with Gasteiger partial charge in [-0.2, -0.15) is 0 Å². The zero-order chi connectivity index (χ0) is 10.8. The lowest BCUT2D eigenvalue weighted by Gasteiger charge is -2.09. The third kappa shape index (κ3) is 3.81. The van der Waals surface area contributed by atoms with Crippen molar-refractivity contribution in [3.05, 3.63) is 29.8 Å². The zero-order valence-electron chi connectivity index (χ0n) is 8.80. The number of nitrogens with two attached hydrogens (primary N) is 1. The molecule has 1 aromatic carbocycles. The molecule has 0 radical (unpaired) electrons. The number of hydrogen-bond donors (Lipinski definition) is 1. The van der Waals surface area contributed by atoms with Crippen molar-refractivity contribution in [2.45, 2.75) is 24.3 Å². The quantitative estimate of drug-likeness (QED) is 0.890. The highest BCUT2D eigenvalue weighted by atomic mass is 35.5. The van der Waals surface area contributed by atoms with E-state index in [4.69, 9.17) is 5.73 Å². The van der Waals surface area contributed by atoms with Crippen molar-refractivity contribution in [3.8, 4) is 0 Å². The highest BCUT2D eigenvalue weighted by molar-refractivity contribution is 7.90. The van der Waals surface area contributed by atoms with Crippen molar-refractivity contribution in [3.63, 3.8) is 0 Å². The molecule has 0 spiro atoms. The number of rotatable bonds is 3. The van der Waals surface area contributed by atoms with Gasteiger partial charge in [0.2, 0.25) is 0 Å². The van der Waals surface area contributed by atoms with Gasteiger partial charge in [-0.25, -0.2) is 8.42 Å². The second kappa shape index (κ2) is 5.49. The Hall–Kier alpha value is -0.580. The molecule has 3 nitrogen and oxygen atoms in total. The molecule has 0 saturated heterocycles. The number of halogens is 1. The first-order chi connectivity index (χ1) is 6.45. The topological polar surface area (TPSA) is 60.2 Å². The van der Waals surface area contributed by atoms with Crippen molar-refractivity contribution in [1.29, 1.82) is 0 Å². The minimum Gasteiger partial charge on any atom is -0.324 e. The summed E-state index contributed by atoms with van der Waals surface area (Å²) in [5, 5.41) is 0. The van der Waals surface area contributed by atoms with Gasteiger partial charge in [-0.3, -0.25) is 0 Å². The van der Waals surface area contributed by atoms with Gasteiger partial charge in [0.15, 0.2) is 9.84 Å². The van der Waals surface area contributed by atoms with Crippen LogP contribution in [0.25, 0.3) is 0 Å². The fourth-order valence-corrected chi connectivity index (χ4v) is 1.89. The van der Waals surface area contributed by atoms with Crippen molar-refractivity contribution in [1.82, 2.24) is 0 Å². The van der Waals surface area contributed by atoms with Crippen molar-refractivity contribution >= 4 is 22.2 Å². The highest BCUT2D eigenvalue weighted by Crippen LogP contribution is 2.17. The molecule has 1 rings (SSSR count). The maximum atomic E-state index is 11.3. The average Bonchev–Trinajstić information content (AvgIpc) is 2.15. The van der Waals surface area contributed by atoms with Crippen LogP contribution >= 0.6 is 12.4 Å². The van der Waals surface area contributed by atoms with Gasteiger partial charge in [-0.1, -0.05) is 19.1 Å². The molecule has 0 saturated carbocycles. The summed E-state index contributed by atoms with van der Waals surface area (Å²) >= 11 is 0. The van der Waals surface area contributed by atoms with Crippen LogP contribution in [0.4, 0.5) is 0 Å². The maximum Gasteiger partial charge on any atom is 0.175 e. The zero-order valence-corrected chi connectivity index (χ0v) is 10.4. The van der Waals surface area contributed by atoms with Gasteiger partial charge in [0.25, 0.3) is 0 Å². The van der Waals surface area contributed by atoms with Crippen molar-refractivity contribution in [2.24, 2.45) is 5.73 Å². The highest BCUT2D eigenvalue weighted by Gasteiger charge is 2.09. The van der Waals surface area contributed by atoms with E-state index in [0.29, 0.717) is 4.90 Å². The number of sulfone groups is 1. The van der Waals surface area contributed by atoms with E-state index in [0.717, 1.165) is 12.0 Å². The molecule has 0 aliphatic heterocycles. The summed E-state index contributed by atoms with van der Waals surface area (Å²) in [6, 6.07) is 6.71. The Balaban J connectivity index is 0.00000196. The first-order valence-electron chi connectivity index (χ1n) is 4.50. The smallest absolute Gasteiger partial charge is 0.175 e. The SMILES string of the molecule is CC[C@H](N)c1cccc(S(C)(=O)=O)c1.Cl. The van der Waals surface area contributed by atoms with Crippen LogP contribution in [0.1, 0.15) is 24.9 Å². The normalized spacial score (nSPS) is 13.0. The van der Waals surface area contributed by atoms with Gasteiger partial charge in [0.05, 0.1) is 4.90 Å². The lowest BCUT2D eigenvalue weighted by atomic mass is 10.1. The van der Waals surface area contributed by atoms with E-state index < -0.39 is 9.84 Å². The largest absolute Gasteiger partial charge is 0.324 e. The molecule has 0 aromatic heterocycles. The Kier molecular flexibility index (Phi) is 5.28. The minimum atomic E-state index is -3.12. The fraction of sp³-hybridized carbons (Fsp3) is 0.400. The Morgan fingerprint density at radius 1 is 1.40 bits per heavy atom. The van der Waals surface area contributed by atoms with Gasteiger partial charge in [0.1, 0.15) is 0 Å². The van der Waals surface area contributed by atoms with Crippen molar-refractivity contribution < 1.29 is 8.42 Å². The summed E-state index contributed by atoms with van der Waals surface area (Å²) in [5.74, 6) is 0. The van der Waals surface area contributed by atoms with Crippen LogP contribution in [0.3, 0.4) is 0 Å². The first-order valence-corrected chi connectivity index (χ1v) is 6.40. The fourth-order valence-electron chi connectivity index (χ4n) is 1.21.